The Morgan fingerprint density at radius 3 is 2.79 bits per heavy atom. The Balaban J connectivity index is 1.55. The molecule has 0 unspecified atom stereocenters. The molecule has 0 saturated heterocycles. The number of aromatic amines is 1. The van der Waals surface area contributed by atoms with Crippen LogP contribution in [-0.4, -0.2) is 36.1 Å². The van der Waals surface area contributed by atoms with Gasteiger partial charge in [-0.05, 0) is 47.8 Å². The van der Waals surface area contributed by atoms with Crippen molar-refractivity contribution in [2.75, 3.05) is 20.8 Å². The number of hydrogen-bond donors (Lipinski definition) is 2. The number of H-pyrrole nitrogens is 1. The molecular weight excluding hydrogens is 430 g/mol. The van der Waals surface area contributed by atoms with E-state index in [9.17, 15) is 9.59 Å². The predicted molar refractivity (Wildman–Crippen MR) is 118 cm³/mol. The third-order valence-corrected chi connectivity index (χ3v) is 6.76. The maximum atomic E-state index is 12.7. The van der Waals surface area contributed by atoms with Crippen molar-refractivity contribution in [1.82, 2.24) is 14.7 Å². The molecule has 0 aliphatic carbocycles. The Morgan fingerprint density at radius 2 is 2.03 bits per heavy atom. The molecule has 0 saturated carbocycles. The maximum Gasteiger partial charge on any atom is 0.269 e. The summed E-state index contributed by atoms with van der Waals surface area (Å²) in [5.41, 5.74) is 1.94. The third kappa shape index (κ3) is 3.54. The van der Waals surface area contributed by atoms with Crippen molar-refractivity contribution in [3.05, 3.63) is 54.4 Å². The molecule has 3 heterocycles. The number of nitrogens with one attached hydrogen (secondary N) is 2. The van der Waals surface area contributed by atoms with Gasteiger partial charge in [0.2, 0.25) is 0 Å². The number of nitrogens with zero attached hydrogens (tertiary/aromatic N) is 1. The van der Waals surface area contributed by atoms with Crippen molar-refractivity contribution in [3.8, 4) is 11.5 Å². The maximum absolute atomic E-state index is 12.7. The molecule has 0 spiro atoms. The zero-order valence-corrected chi connectivity index (χ0v) is 18.1. The van der Waals surface area contributed by atoms with Gasteiger partial charge in [0.25, 0.3) is 11.5 Å². The first-order chi connectivity index (χ1) is 14.0. The number of fused-ring (bicyclic) bond motifs is 3. The number of methoxy groups -OCH3 is 2. The first-order valence-electron chi connectivity index (χ1n) is 8.67. The number of benzene rings is 1. The average molecular weight is 448 g/mol. The monoisotopic (exact) mass is 447 g/mol. The molecule has 0 fully saturated rings. The summed E-state index contributed by atoms with van der Waals surface area (Å²) in [6, 6.07) is 7.48. The summed E-state index contributed by atoms with van der Waals surface area (Å²) in [5, 5.41) is 4.74. The topological polar surface area (TPSA) is 84.8 Å². The zero-order valence-electron chi connectivity index (χ0n) is 15.6. The van der Waals surface area contributed by atoms with Crippen molar-refractivity contribution >= 4 is 56.7 Å². The van der Waals surface area contributed by atoms with Crippen molar-refractivity contribution < 1.29 is 14.3 Å². The van der Waals surface area contributed by atoms with Crippen LogP contribution in [0.25, 0.3) is 15.9 Å². The summed E-state index contributed by atoms with van der Waals surface area (Å²) < 4.78 is 13.4. The normalized spacial score (nSPS) is 11.1. The van der Waals surface area contributed by atoms with Gasteiger partial charge in [0.05, 0.1) is 19.7 Å². The van der Waals surface area contributed by atoms with Gasteiger partial charge in [0.1, 0.15) is 15.2 Å². The molecule has 10 heteroatoms. The molecule has 150 valence electrons. The summed E-state index contributed by atoms with van der Waals surface area (Å²) in [7, 11) is 3.17. The SMILES string of the molecule is COc1ccc(CCNC(=O)c2sc(=S)n3c2[nH]c(=O)c2sccc23)cc1OC. The Morgan fingerprint density at radius 1 is 1.24 bits per heavy atom. The largest absolute Gasteiger partial charge is 0.493 e. The van der Waals surface area contributed by atoms with Gasteiger partial charge in [-0.3, -0.25) is 14.0 Å². The summed E-state index contributed by atoms with van der Waals surface area (Å²) in [6.45, 7) is 0.427. The number of carbonyl (C=O) groups excluding carboxylic acids is 1. The van der Waals surface area contributed by atoms with Gasteiger partial charge in [-0.2, -0.15) is 0 Å². The van der Waals surface area contributed by atoms with E-state index in [0.717, 1.165) is 11.1 Å². The second-order valence-electron chi connectivity index (χ2n) is 6.17. The molecule has 1 aromatic carbocycles. The van der Waals surface area contributed by atoms with E-state index in [1.165, 1.54) is 22.7 Å². The van der Waals surface area contributed by atoms with Crippen molar-refractivity contribution in [2.45, 2.75) is 6.42 Å². The van der Waals surface area contributed by atoms with Gasteiger partial charge in [0, 0.05) is 6.54 Å². The predicted octanol–water partition coefficient (Wildman–Crippen LogP) is 3.62. The van der Waals surface area contributed by atoms with Crippen LogP contribution in [0.4, 0.5) is 0 Å². The highest BCUT2D eigenvalue weighted by molar-refractivity contribution is 7.73. The van der Waals surface area contributed by atoms with Gasteiger partial charge >= 0.3 is 0 Å². The van der Waals surface area contributed by atoms with Crippen LogP contribution in [0.5, 0.6) is 11.5 Å². The van der Waals surface area contributed by atoms with Crippen LogP contribution in [0.1, 0.15) is 15.2 Å². The molecule has 2 N–H and O–H groups in total. The number of amides is 1. The smallest absolute Gasteiger partial charge is 0.269 e. The van der Waals surface area contributed by atoms with E-state index in [-0.39, 0.29) is 11.5 Å². The molecule has 0 radical (unpaired) electrons. The van der Waals surface area contributed by atoms with Gasteiger partial charge in [0.15, 0.2) is 15.5 Å². The quantitative estimate of drug-likeness (QED) is 0.441. The van der Waals surface area contributed by atoms with Crippen LogP contribution in [0.2, 0.25) is 0 Å². The molecule has 7 nitrogen and oxygen atoms in total. The standard InChI is InChI=1S/C19H17N3O4S3/c1-25-12-4-3-10(9-13(12)26-2)5-7-20-17(23)15-16-21-18(24)14-11(6-8-28-14)22(16)19(27)29-15/h3-4,6,8-9H,5,7H2,1-2H3,(H,20,23)(H,21,24). The number of rotatable bonds is 6. The first-order valence-corrected chi connectivity index (χ1v) is 10.8. The number of ether oxygens (including phenoxy) is 2. The van der Waals surface area contributed by atoms with Crippen LogP contribution >= 0.6 is 34.9 Å². The minimum atomic E-state index is -0.269. The zero-order chi connectivity index (χ0) is 20.5. The Bertz CT molecular complexity index is 1330. The number of aromatic nitrogens is 2. The Labute approximate surface area is 178 Å². The van der Waals surface area contributed by atoms with Crippen LogP contribution in [0, 0.1) is 3.95 Å². The molecular formula is C19H17N3O4S3. The van der Waals surface area contributed by atoms with Crippen LogP contribution < -0.4 is 20.3 Å². The Hall–Kier alpha value is -2.69. The molecule has 29 heavy (non-hydrogen) atoms. The minimum absolute atomic E-state index is 0.220. The summed E-state index contributed by atoms with van der Waals surface area (Å²) >= 11 is 7.96. The lowest BCUT2D eigenvalue weighted by atomic mass is 10.1. The van der Waals surface area contributed by atoms with Crippen LogP contribution in [0.3, 0.4) is 0 Å². The van der Waals surface area contributed by atoms with E-state index in [4.69, 9.17) is 21.7 Å². The molecule has 3 aromatic heterocycles. The molecule has 0 atom stereocenters. The number of thiazole rings is 1. The van der Waals surface area contributed by atoms with E-state index in [2.05, 4.69) is 10.3 Å². The van der Waals surface area contributed by atoms with Crippen LogP contribution in [0.15, 0.2) is 34.4 Å². The number of hydrogen-bond acceptors (Lipinski definition) is 7. The van der Waals surface area contributed by atoms with Gasteiger partial charge in [-0.25, -0.2) is 0 Å². The molecule has 0 aliphatic rings. The molecule has 4 aromatic rings. The van der Waals surface area contributed by atoms with Crippen molar-refractivity contribution in [1.29, 1.82) is 0 Å². The lowest BCUT2D eigenvalue weighted by molar-refractivity contribution is 0.0959. The Kier molecular flexibility index (Phi) is 5.39. The minimum Gasteiger partial charge on any atom is -0.493 e. The third-order valence-electron chi connectivity index (χ3n) is 4.49. The average Bonchev–Trinajstić information content (AvgIpc) is 3.33. The second kappa shape index (κ2) is 7.97. The molecule has 0 bridgehead atoms. The molecule has 4 rings (SSSR count). The summed E-state index contributed by atoms with van der Waals surface area (Å²) in [6.07, 6.45) is 0.620. The molecule has 0 aliphatic heterocycles. The highest BCUT2D eigenvalue weighted by Crippen LogP contribution is 2.28. The summed E-state index contributed by atoms with van der Waals surface area (Å²) in [5.74, 6) is 1.03. The van der Waals surface area contributed by atoms with E-state index >= 15 is 0 Å². The fourth-order valence-corrected chi connectivity index (χ4v) is 5.18. The van der Waals surface area contributed by atoms with Crippen LogP contribution in [-0.2, 0) is 6.42 Å². The van der Waals surface area contributed by atoms with Crippen molar-refractivity contribution in [3.63, 3.8) is 0 Å². The van der Waals surface area contributed by atoms with E-state index in [0.29, 0.717) is 43.6 Å². The van der Waals surface area contributed by atoms with Gasteiger partial charge in [-0.15, -0.1) is 11.3 Å². The second-order valence-corrected chi connectivity index (χ2v) is 8.73. The van der Waals surface area contributed by atoms with E-state index < -0.39 is 0 Å². The number of carbonyl (C=O) groups is 1. The highest BCUT2D eigenvalue weighted by atomic mass is 32.1. The molecule has 1 amide bonds. The first kappa shape index (κ1) is 19.6. The van der Waals surface area contributed by atoms with Gasteiger partial charge < -0.3 is 19.8 Å². The summed E-state index contributed by atoms with van der Waals surface area (Å²) in [4.78, 5) is 28.2. The van der Waals surface area contributed by atoms with E-state index in [1.807, 2.05) is 29.6 Å². The lowest BCUT2D eigenvalue weighted by Crippen LogP contribution is -2.25. The van der Waals surface area contributed by atoms with Gasteiger partial charge in [-0.1, -0.05) is 17.4 Å². The lowest BCUT2D eigenvalue weighted by Gasteiger charge is -2.10. The fourth-order valence-electron chi connectivity index (χ4n) is 3.11. The van der Waals surface area contributed by atoms with E-state index in [1.54, 1.807) is 18.6 Å². The number of thiophene rings is 1. The fraction of sp³-hybridized carbons (Fsp3) is 0.211. The van der Waals surface area contributed by atoms with Crippen molar-refractivity contribution in [2.24, 2.45) is 0 Å². The highest BCUT2D eigenvalue weighted by Gasteiger charge is 2.18.